The van der Waals surface area contributed by atoms with Gasteiger partial charge in [-0.25, -0.2) is 19.3 Å². The van der Waals surface area contributed by atoms with E-state index in [1.807, 2.05) is 6.07 Å². The molecular weight excluding hydrogens is 272 g/mol. The molecule has 2 aromatic rings. The molecule has 2 aromatic heterocycles. The number of hydrogen-bond donors (Lipinski definition) is 2. The fraction of sp³-hybridized carbons (Fsp3) is 0.615. The molecule has 3 heterocycles. The van der Waals surface area contributed by atoms with Crippen molar-refractivity contribution in [3.8, 4) is 0 Å². The summed E-state index contributed by atoms with van der Waals surface area (Å²) in [6, 6.07) is 2.30. The van der Waals surface area contributed by atoms with Gasteiger partial charge in [-0.15, -0.1) is 0 Å². The zero-order chi connectivity index (χ0) is 14.7. The fourth-order valence-corrected chi connectivity index (χ4v) is 2.65. The summed E-state index contributed by atoms with van der Waals surface area (Å²) >= 11 is 0. The zero-order valence-corrected chi connectivity index (χ0v) is 12.1. The van der Waals surface area contributed by atoms with Gasteiger partial charge in [-0.1, -0.05) is 0 Å². The van der Waals surface area contributed by atoms with Crippen molar-refractivity contribution < 1.29 is 4.74 Å². The molecule has 114 valence electrons. The standard InChI is InChI=1S/C13H20N6O2/c1-21-6-5-18(8-10-3-2-4-14-10)11-7-12-16-17-13(20)19(12)9-15-11/h7,9-10,14H,2-6,8H2,1H3,(H,17,20). The van der Waals surface area contributed by atoms with E-state index in [-0.39, 0.29) is 5.69 Å². The molecule has 0 aliphatic carbocycles. The predicted molar refractivity (Wildman–Crippen MR) is 78.7 cm³/mol. The van der Waals surface area contributed by atoms with Gasteiger partial charge in [0.05, 0.1) is 6.61 Å². The average Bonchev–Trinajstić information content (AvgIpc) is 3.13. The maximum absolute atomic E-state index is 11.5. The fourth-order valence-electron chi connectivity index (χ4n) is 2.65. The number of ether oxygens (including phenoxy) is 1. The monoisotopic (exact) mass is 292 g/mol. The van der Waals surface area contributed by atoms with Crippen LogP contribution in [0.15, 0.2) is 17.2 Å². The van der Waals surface area contributed by atoms with Gasteiger partial charge in [0.1, 0.15) is 12.1 Å². The lowest BCUT2D eigenvalue weighted by Crippen LogP contribution is -2.39. The van der Waals surface area contributed by atoms with Crippen molar-refractivity contribution in [1.29, 1.82) is 0 Å². The second-order valence-electron chi connectivity index (χ2n) is 5.24. The molecule has 1 aliphatic rings. The average molecular weight is 292 g/mol. The molecule has 0 saturated carbocycles. The Morgan fingerprint density at radius 3 is 3.24 bits per heavy atom. The molecule has 0 radical (unpaired) electrons. The van der Waals surface area contributed by atoms with Gasteiger partial charge in [0.2, 0.25) is 0 Å². The van der Waals surface area contributed by atoms with Crippen molar-refractivity contribution in [1.82, 2.24) is 24.9 Å². The summed E-state index contributed by atoms with van der Waals surface area (Å²) in [6.07, 6.45) is 3.90. The molecule has 0 amide bonds. The number of methoxy groups -OCH3 is 1. The molecule has 1 atom stereocenters. The summed E-state index contributed by atoms with van der Waals surface area (Å²) in [4.78, 5) is 18.0. The van der Waals surface area contributed by atoms with Gasteiger partial charge >= 0.3 is 5.69 Å². The Balaban J connectivity index is 1.83. The van der Waals surface area contributed by atoms with Gasteiger partial charge < -0.3 is 15.0 Å². The van der Waals surface area contributed by atoms with Crippen LogP contribution in [0.5, 0.6) is 0 Å². The second-order valence-corrected chi connectivity index (χ2v) is 5.24. The molecule has 3 rings (SSSR count). The minimum absolute atomic E-state index is 0.273. The van der Waals surface area contributed by atoms with Crippen LogP contribution in [0.2, 0.25) is 0 Å². The number of anilines is 1. The Kier molecular flexibility index (Phi) is 4.16. The predicted octanol–water partition coefficient (Wildman–Crippen LogP) is -0.378. The highest BCUT2D eigenvalue weighted by atomic mass is 16.5. The second kappa shape index (κ2) is 6.23. The Morgan fingerprint density at radius 1 is 1.57 bits per heavy atom. The molecule has 1 fully saturated rings. The van der Waals surface area contributed by atoms with Crippen molar-refractivity contribution in [3.05, 3.63) is 22.9 Å². The molecule has 0 aromatic carbocycles. The van der Waals surface area contributed by atoms with Crippen molar-refractivity contribution in [2.45, 2.75) is 18.9 Å². The Morgan fingerprint density at radius 2 is 2.48 bits per heavy atom. The van der Waals surface area contributed by atoms with Crippen molar-refractivity contribution >= 4 is 11.5 Å². The van der Waals surface area contributed by atoms with E-state index in [9.17, 15) is 4.79 Å². The minimum Gasteiger partial charge on any atom is -0.383 e. The van der Waals surface area contributed by atoms with Crippen LogP contribution in [0, 0.1) is 0 Å². The SMILES string of the molecule is COCCN(CC1CCCN1)c1cc2n[nH]c(=O)n2cn1. The van der Waals surface area contributed by atoms with Gasteiger partial charge in [0.25, 0.3) is 0 Å². The molecular formula is C13H20N6O2. The molecule has 1 saturated heterocycles. The number of hydrogen-bond acceptors (Lipinski definition) is 6. The number of aromatic nitrogens is 4. The summed E-state index contributed by atoms with van der Waals surface area (Å²) < 4.78 is 6.58. The van der Waals surface area contributed by atoms with Crippen molar-refractivity contribution in [3.63, 3.8) is 0 Å². The van der Waals surface area contributed by atoms with E-state index in [0.29, 0.717) is 18.3 Å². The quantitative estimate of drug-likeness (QED) is 0.755. The van der Waals surface area contributed by atoms with Crippen LogP contribution in [0.4, 0.5) is 5.82 Å². The van der Waals surface area contributed by atoms with E-state index in [0.717, 1.165) is 25.5 Å². The summed E-state index contributed by atoms with van der Waals surface area (Å²) in [5.74, 6) is 0.812. The Bertz CT molecular complexity index is 645. The molecule has 21 heavy (non-hydrogen) atoms. The number of aromatic amines is 1. The summed E-state index contributed by atoms with van der Waals surface area (Å²) in [7, 11) is 1.69. The first-order valence-electron chi connectivity index (χ1n) is 7.18. The number of nitrogens with zero attached hydrogens (tertiary/aromatic N) is 4. The number of nitrogens with one attached hydrogen (secondary N) is 2. The van der Waals surface area contributed by atoms with Gasteiger partial charge in [0, 0.05) is 32.3 Å². The normalized spacial score (nSPS) is 18.4. The number of rotatable bonds is 6. The van der Waals surface area contributed by atoms with E-state index in [1.165, 1.54) is 23.6 Å². The Labute approximate surface area is 122 Å². The van der Waals surface area contributed by atoms with Crippen LogP contribution in [-0.4, -0.2) is 59.0 Å². The zero-order valence-electron chi connectivity index (χ0n) is 12.1. The van der Waals surface area contributed by atoms with Gasteiger partial charge in [-0.05, 0) is 19.4 Å². The third-order valence-electron chi connectivity index (χ3n) is 3.79. The van der Waals surface area contributed by atoms with E-state index >= 15 is 0 Å². The summed E-state index contributed by atoms with van der Waals surface area (Å²) in [6.45, 7) is 3.34. The first-order valence-corrected chi connectivity index (χ1v) is 7.18. The number of H-pyrrole nitrogens is 1. The van der Waals surface area contributed by atoms with E-state index in [2.05, 4.69) is 25.4 Å². The molecule has 1 unspecified atom stereocenters. The van der Waals surface area contributed by atoms with E-state index < -0.39 is 0 Å². The van der Waals surface area contributed by atoms with Crippen LogP contribution >= 0.6 is 0 Å². The minimum atomic E-state index is -0.273. The molecule has 8 heteroatoms. The van der Waals surface area contributed by atoms with E-state index in [1.54, 1.807) is 7.11 Å². The molecule has 1 aliphatic heterocycles. The smallest absolute Gasteiger partial charge is 0.348 e. The lowest BCUT2D eigenvalue weighted by Gasteiger charge is -2.26. The summed E-state index contributed by atoms with van der Waals surface area (Å²) in [5.41, 5.74) is 0.303. The first-order chi connectivity index (χ1) is 10.3. The van der Waals surface area contributed by atoms with Crippen molar-refractivity contribution in [2.75, 3.05) is 38.3 Å². The molecule has 0 bridgehead atoms. The van der Waals surface area contributed by atoms with Crippen LogP contribution in [0.25, 0.3) is 5.65 Å². The Hall–Kier alpha value is -1.93. The van der Waals surface area contributed by atoms with Crippen molar-refractivity contribution in [2.24, 2.45) is 0 Å². The highest BCUT2D eigenvalue weighted by Gasteiger charge is 2.19. The largest absolute Gasteiger partial charge is 0.383 e. The lowest BCUT2D eigenvalue weighted by atomic mass is 10.2. The highest BCUT2D eigenvalue weighted by molar-refractivity contribution is 5.50. The molecule has 0 spiro atoms. The third-order valence-corrected chi connectivity index (χ3v) is 3.79. The lowest BCUT2D eigenvalue weighted by molar-refractivity contribution is 0.204. The third kappa shape index (κ3) is 3.06. The maximum Gasteiger partial charge on any atom is 0.348 e. The maximum atomic E-state index is 11.5. The van der Waals surface area contributed by atoms with Gasteiger partial charge in [-0.2, -0.15) is 5.10 Å². The van der Waals surface area contributed by atoms with Gasteiger partial charge in [0.15, 0.2) is 5.65 Å². The van der Waals surface area contributed by atoms with Crippen LogP contribution in [0.3, 0.4) is 0 Å². The topological polar surface area (TPSA) is 87.5 Å². The number of fused-ring (bicyclic) bond motifs is 1. The molecule has 2 N–H and O–H groups in total. The van der Waals surface area contributed by atoms with Crippen LogP contribution in [-0.2, 0) is 4.74 Å². The molecule has 8 nitrogen and oxygen atoms in total. The van der Waals surface area contributed by atoms with E-state index in [4.69, 9.17) is 4.74 Å². The highest BCUT2D eigenvalue weighted by Crippen LogP contribution is 2.15. The summed E-state index contributed by atoms with van der Waals surface area (Å²) in [5, 5.41) is 9.89. The first kappa shape index (κ1) is 14.0. The van der Waals surface area contributed by atoms with Crippen LogP contribution < -0.4 is 15.9 Å². The van der Waals surface area contributed by atoms with Crippen LogP contribution in [0.1, 0.15) is 12.8 Å². The van der Waals surface area contributed by atoms with Gasteiger partial charge in [-0.3, -0.25) is 0 Å².